The minimum atomic E-state index is -0.100. The van der Waals surface area contributed by atoms with Gasteiger partial charge in [-0.05, 0) is 18.2 Å². The molecule has 96 valence electrons. The van der Waals surface area contributed by atoms with Crippen molar-refractivity contribution in [2.45, 2.75) is 6.42 Å². The Balaban J connectivity index is 1.67. The van der Waals surface area contributed by atoms with Crippen molar-refractivity contribution < 1.29 is 9.21 Å². The van der Waals surface area contributed by atoms with Gasteiger partial charge in [0.05, 0.1) is 5.56 Å². The van der Waals surface area contributed by atoms with Crippen LogP contribution in [0.2, 0.25) is 0 Å². The molecule has 0 radical (unpaired) electrons. The molecule has 0 unspecified atom stereocenters. The van der Waals surface area contributed by atoms with E-state index in [0.717, 1.165) is 23.1 Å². The highest BCUT2D eigenvalue weighted by Crippen LogP contribution is 2.20. The van der Waals surface area contributed by atoms with Crippen molar-refractivity contribution in [2.24, 2.45) is 0 Å². The molecule has 0 saturated carbocycles. The van der Waals surface area contributed by atoms with E-state index in [2.05, 4.69) is 10.3 Å². The number of para-hydroxylation sites is 1. The smallest absolute Gasteiger partial charge is 0.255 e. The van der Waals surface area contributed by atoms with E-state index < -0.39 is 0 Å². The van der Waals surface area contributed by atoms with Gasteiger partial charge in [-0.3, -0.25) is 4.79 Å². The largest absolute Gasteiger partial charge is 0.463 e. The third-order valence-corrected chi connectivity index (χ3v) is 3.07. The first-order valence-electron chi connectivity index (χ1n) is 6.21. The summed E-state index contributed by atoms with van der Waals surface area (Å²) in [5.41, 5.74) is 2.43. The maximum absolute atomic E-state index is 12.1. The van der Waals surface area contributed by atoms with E-state index >= 15 is 0 Å². The third kappa shape index (κ3) is 2.38. The monoisotopic (exact) mass is 254 g/mol. The van der Waals surface area contributed by atoms with Crippen LogP contribution in [0.4, 0.5) is 0 Å². The molecule has 4 heteroatoms. The number of rotatable bonds is 4. The molecular weight excluding hydrogens is 240 g/mol. The normalized spacial score (nSPS) is 10.7. The van der Waals surface area contributed by atoms with E-state index in [4.69, 9.17) is 4.42 Å². The van der Waals surface area contributed by atoms with Gasteiger partial charge in [0.15, 0.2) is 0 Å². The van der Waals surface area contributed by atoms with Crippen molar-refractivity contribution in [3.8, 4) is 0 Å². The second kappa shape index (κ2) is 5.02. The predicted octanol–water partition coefficient (Wildman–Crippen LogP) is 2.73. The van der Waals surface area contributed by atoms with Crippen LogP contribution < -0.4 is 5.32 Å². The Morgan fingerprint density at radius 1 is 1.21 bits per heavy atom. The molecule has 4 nitrogen and oxygen atoms in total. The Morgan fingerprint density at radius 3 is 2.95 bits per heavy atom. The van der Waals surface area contributed by atoms with Crippen LogP contribution in [0.3, 0.4) is 0 Å². The van der Waals surface area contributed by atoms with Gasteiger partial charge < -0.3 is 14.7 Å². The van der Waals surface area contributed by atoms with E-state index in [-0.39, 0.29) is 5.91 Å². The molecule has 2 heterocycles. The number of hydrogen-bond acceptors (Lipinski definition) is 2. The Kier molecular flexibility index (Phi) is 3.06. The van der Waals surface area contributed by atoms with Crippen molar-refractivity contribution in [1.29, 1.82) is 0 Å². The van der Waals surface area contributed by atoms with E-state index in [9.17, 15) is 4.79 Å². The van der Waals surface area contributed by atoms with Gasteiger partial charge in [-0.2, -0.15) is 0 Å². The minimum absolute atomic E-state index is 0.100. The molecule has 3 aromatic rings. The van der Waals surface area contributed by atoms with Crippen LogP contribution in [0.25, 0.3) is 11.0 Å². The topological polar surface area (TPSA) is 58.0 Å². The SMILES string of the molecule is O=C(NCCc1ccc[nH]1)c1coc2ccccc12. The zero-order chi connectivity index (χ0) is 13.1. The number of hydrogen-bond donors (Lipinski definition) is 2. The fraction of sp³-hybridized carbons (Fsp3) is 0.133. The van der Waals surface area contributed by atoms with Crippen LogP contribution >= 0.6 is 0 Å². The lowest BCUT2D eigenvalue weighted by Gasteiger charge is -2.02. The van der Waals surface area contributed by atoms with Crippen molar-refractivity contribution in [3.05, 3.63) is 60.1 Å². The molecule has 3 rings (SSSR count). The summed E-state index contributed by atoms with van der Waals surface area (Å²) in [7, 11) is 0. The molecule has 2 N–H and O–H groups in total. The van der Waals surface area contributed by atoms with E-state index in [1.165, 1.54) is 6.26 Å². The fourth-order valence-electron chi connectivity index (χ4n) is 2.08. The molecule has 0 spiro atoms. The number of aromatic nitrogens is 1. The molecule has 2 aromatic heterocycles. The van der Waals surface area contributed by atoms with Gasteiger partial charge in [-0.15, -0.1) is 0 Å². The highest BCUT2D eigenvalue weighted by atomic mass is 16.3. The van der Waals surface area contributed by atoms with Gasteiger partial charge in [0, 0.05) is 30.2 Å². The second-order valence-electron chi connectivity index (χ2n) is 4.35. The number of furan rings is 1. The van der Waals surface area contributed by atoms with Crippen LogP contribution in [0, 0.1) is 0 Å². The molecule has 1 amide bonds. The number of nitrogens with one attached hydrogen (secondary N) is 2. The first-order chi connectivity index (χ1) is 9.34. The quantitative estimate of drug-likeness (QED) is 0.752. The lowest BCUT2D eigenvalue weighted by Crippen LogP contribution is -2.25. The average molecular weight is 254 g/mol. The van der Waals surface area contributed by atoms with Crippen LogP contribution in [0.5, 0.6) is 0 Å². The van der Waals surface area contributed by atoms with Crippen LogP contribution in [-0.4, -0.2) is 17.4 Å². The van der Waals surface area contributed by atoms with Crippen molar-refractivity contribution in [1.82, 2.24) is 10.3 Å². The standard InChI is InChI=1S/C15H14N2O2/c18-15(17-9-7-11-4-3-8-16-11)13-10-19-14-6-2-1-5-12(13)14/h1-6,8,10,16H,7,9H2,(H,17,18). The number of benzene rings is 1. The second-order valence-corrected chi connectivity index (χ2v) is 4.35. The lowest BCUT2D eigenvalue weighted by atomic mass is 10.1. The van der Waals surface area contributed by atoms with Gasteiger partial charge in [-0.25, -0.2) is 0 Å². The van der Waals surface area contributed by atoms with Crippen LogP contribution in [0.1, 0.15) is 16.1 Å². The van der Waals surface area contributed by atoms with E-state index in [1.54, 1.807) is 0 Å². The summed E-state index contributed by atoms with van der Waals surface area (Å²) in [6.45, 7) is 0.596. The van der Waals surface area contributed by atoms with Gasteiger partial charge in [0.25, 0.3) is 5.91 Å². The van der Waals surface area contributed by atoms with Gasteiger partial charge >= 0.3 is 0 Å². The van der Waals surface area contributed by atoms with E-state index in [0.29, 0.717) is 12.1 Å². The number of carbonyl (C=O) groups excluding carboxylic acids is 1. The number of carbonyl (C=O) groups is 1. The molecule has 0 saturated heterocycles. The average Bonchev–Trinajstić information content (AvgIpc) is 3.07. The Hall–Kier alpha value is -2.49. The summed E-state index contributed by atoms with van der Waals surface area (Å²) in [5.74, 6) is -0.100. The third-order valence-electron chi connectivity index (χ3n) is 3.07. The maximum atomic E-state index is 12.1. The van der Waals surface area contributed by atoms with E-state index in [1.807, 2.05) is 42.6 Å². The first-order valence-corrected chi connectivity index (χ1v) is 6.21. The summed E-state index contributed by atoms with van der Waals surface area (Å²) in [6.07, 6.45) is 4.17. The molecular formula is C15H14N2O2. The number of aromatic amines is 1. The zero-order valence-electron chi connectivity index (χ0n) is 10.3. The molecule has 1 aromatic carbocycles. The fourth-order valence-corrected chi connectivity index (χ4v) is 2.08. The van der Waals surface area contributed by atoms with Crippen LogP contribution in [-0.2, 0) is 6.42 Å². The maximum Gasteiger partial charge on any atom is 0.255 e. The zero-order valence-corrected chi connectivity index (χ0v) is 10.3. The molecule has 0 aliphatic carbocycles. The van der Waals surface area contributed by atoms with Gasteiger partial charge in [-0.1, -0.05) is 18.2 Å². The molecule has 0 aliphatic heterocycles. The molecule has 0 fully saturated rings. The molecule has 0 bridgehead atoms. The van der Waals surface area contributed by atoms with Gasteiger partial charge in [0.1, 0.15) is 11.8 Å². The van der Waals surface area contributed by atoms with Crippen molar-refractivity contribution in [3.63, 3.8) is 0 Å². The molecule has 19 heavy (non-hydrogen) atoms. The predicted molar refractivity (Wildman–Crippen MR) is 73.0 cm³/mol. The summed E-state index contributed by atoms with van der Waals surface area (Å²) < 4.78 is 5.36. The summed E-state index contributed by atoms with van der Waals surface area (Å²) in [5, 5.41) is 3.74. The minimum Gasteiger partial charge on any atom is -0.463 e. The molecule has 0 aliphatic rings. The Bertz CT molecular complexity index is 683. The number of amides is 1. The number of fused-ring (bicyclic) bond motifs is 1. The summed E-state index contributed by atoms with van der Waals surface area (Å²) in [4.78, 5) is 15.2. The highest BCUT2D eigenvalue weighted by molar-refractivity contribution is 6.05. The summed E-state index contributed by atoms with van der Waals surface area (Å²) >= 11 is 0. The molecule has 0 atom stereocenters. The first kappa shape index (κ1) is 11.6. The Morgan fingerprint density at radius 2 is 2.11 bits per heavy atom. The lowest BCUT2D eigenvalue weighted by molar-refractivity contribution is 0.0955. The number of H-pyrrole nitrogens is 1. The summed E-state index contributed by atoms with van der Waals surface area (Å²) in [6, 6.07) is 11.5. The van der Waals surface area contributed by atoms with Crippen LogP contribution in [0.15, 0.2) is 53.3 Å². The van der Waals surface area contributed by atoms with Gasteiger partial charge in [0.2, 0.25) is 0 Å². The highest BCUT2D eigenvalue weighted by Gasteiger charge is 2.12. The van der Waals surface area contributed by atoms with Crippen molar-refractivity contribution >= 4 is 16.9 Å². The Labute approximate surface area is 110 Å². The van der Waals surface area contributed by atoms with Crippen molar-refractivity contribution in [2.75, 3.05) is 6.54 Å².